The van der Waals surface area contributed by atoms with E-state index in [1.54, 1.807) is 13.0 Å². The predicted molar refractivity (Wildman–Crippen MR) is 68.5 cm³/mol. The Kier molecular flexibility index (Phi) is 2.91. The third-order valence-electron chi connectivity index (χ3n) is 2.81. The quantitative estimate of drug-likeness (QED) is 0.574. The molecule has 0 aromatic heterocycles. The molecular weight excluding hydrogens is 265 g/mol. The molecule has 2 nitrogen and oxygen atoms in total. The Morgan fingerprint density at radius 1 is 1.31 bits per heavy atom. The molecule has 0 aliphatic carbocycles. The number of hydrogen-bond acceptors (Lipinski definition) is 2. The van der Waals surface area contributed by atoms with Crippen molar-refractivity contribution in [3.8, 4) is 0 Å². The second-order valence-corrected chi connectivity index (χ2v) is 6.39. The van der Waals surface area contributed by atoms with Crippen LogP contribution >= 0.6 is 0 Å². The van der Waals surface area contributed by atoms with E-state index >= 15 is 0 Å². The summed E-state index contributed by atoms with van der Waals surface area (Å²) in [6.45, 7) is 5.87. The van der Waals surface area contributed by atoms with E-state index in [-0.39, 0.29) is 20.7 Å². The molecule has 0 bridgehead atoms. The van der Waals surface area contributed by atoms with Crippen molar-refractivity contribution in [1.29, 1.82) is 0 Å². The number of benzene rings is 1. The first-order chi connectivity index (χ1) is 7.49. The Bertz CT molecular complexity index is 491. The Labute approximate surface area is 102 Å². The topological polar surface area (TPSA) is 20.3 Å². The van der Waals surface area contributed by atoms with Gasteiger partial charge in [0.15, 0.2) is 0 Å². The van der Waals surface area contributed by atoms with Crippen molar-refractivity contribution < 1.29 is 4.79 Å². The molecule has 0 radical (unpaired) electrons. The number of nitrogens with zero attached hydrogens (tertiary/aromatic N) is 1. The Balaban J connectivity index is 2.46. The predicted octanol–water partition coefficient (Wildman–Crippen LogP) is 1.51. The van der Waals surface area contributed by atoms with Crippen LogP contribution in [0, 0.1) is 13.8 Å². The molecular formula is C13H15NOSe. The Hall–Kier alpha value is -1.05. The summed E-state index contributed by atoms with van der Waals surface area (Å²) < 4.78 is 2.53. The number of hydrogen-bond donors (Lipinski definition) is 0. The van der Waals surface area contributed by atoms with E-state index in [9.17, 15) is 4.79 Å². The summed E-state index contributed by atoms with van der Waals surface area (Å²) in [5.74, 6) is 0.130. The van der Waals surface area contributed by atoms with Crippen LogP contribution in [0.15, 0.2) is 22.8 Å². The number of aryl methyl sites for hydroxylation is 2. The van der Waals surface area contributed by atoms with Gasteiger partial charge in [0.2, 0.25) is 0 Å². The molecule has 1 aromatic rings. The van der Waals surface area contributed by atoms with Crippen LogP contribution < -0.4 is 9.36 Å². The van der Waals surface area contributed by atoms with Crippen molar-refractivity contribution in [2.45, 2.75) is 20.8 Å². The van der Waals surface area contributed by atoms with Crippen molar-refractivity contribution in [3.63, 3.8) is 0 Å². The molecule has 0 fully saturated rings. The van der Waals surface area contributed by atoms with Gasteiger partial charge in [0, 0.05) is 0 Å². The average Bonchev–Trinajstić information content (AvgIpc) is 2.45. The monoisotopic (exact) mass is 281 g/mol. The van der Waals surface area contributed by atoms with E-state index in [1.165, 1.54) is 21.3 Å². The third-order valence-corrected chi connectivity index (χ3v) is 5.22. The molecule has 1 aliphatic rings. The van der Waals surface area contributed by atoms with Gasteiger partial charge in [-0.05, 0) is 0 Å². The van der Waals surface area contributed by atoms with Crippen molar-refractivity contribution in [2.24, 2.45) is 0 Å². The van der Waals surface area contributed by atoms with Crippen LogP contribution in [0.4, 0.5) is 5.69 Å². The molecule has 1 heterocycles. The molecule has 84 valence electrons. The fourth-order valence-electron chi connectivity index (χ4n) is 1.72. The van der Waals surface area contributed by atoms with Gasteiger partial charge in [0.1, 0.15) is 0 Å². The van der Waals surface area contributed by atoms with E-state index in [0.29, 0.717) is 0 Å². The van der Waals surface area contributed by atoms with E-state index < -0.39 is 0 Å². The van der Waals surface area contributed by atoms with E-state index in [4.69, 9.17) is 0 Å². The molecule has 0 saturated carbocycles. The molecule has 3 heteroatoms. The van der Waals surface area contributed by atoms with Crippen molar-refractivity contribution in [2.75, 3.05) is 11.9 Å². The van der Waals surface area contributed by atoms with Gasteiger partial charge in [-0.2, -0.15) is 0 Å². The number of carbonyl (C=O) groups is 1. The second-order valence-electron chi connectivity index (χ2n) is 4.16. The fourth-order valence-corrected chi connectivity index (χ4v) is 4.28. The molecule has 16 heavy (non-hydrogen) atoms. The zero-order valence-corrected chi connectivity index (χ0v) is 11.7. The summed E-state index contributed by atoms with van der Waals surface area (Å²) in [4.78, 5) is 13.3. The summed E-state index contributed by atoms with van der Waals surface area (Å²) >= 11 is 0.272. The molecule has 0 amide bonds. The zero-order chi connectivity index (χ0) is 11.9. The second kappa shape index (κ2) is 4.08. The Morgan fingerprint density at radius 3 is 2.56 bits per heavy atom. The van der Waals surface area contributed by atoms with E-state index in [0.717, 1.165) is 4.60 Å². The van der Waals surface area contributed by atoms with Crippen LogP contribution in [-0.2, 0) is 4.79 Å². The number of fused-ring (bicyclic) bond motifs is 1. The van der Waals surface area contributed by atoms with Gasteiger partial charge in [-0.3, -0.25) is 0 Å². The number of anilines is 1. The molecule has 0 unspecified atom stereocenters. The van der Waals surface area contributed by atoms with Gasteiger partial charge in [-0.25, -0.2) is 0 Å². The normalized spacial score (nSPS) is 16.8. The first-order valence-corrected chi connectivity index (χ1v) is 6.95. The fraction of sp³-hybridized carbons (Fsp3) is 0.308. The van der Waals surface area contributed by atoms with Crippen molar-refractivity contribution >= 4 is 30.9 Å². The molecule has 0 spiro atoms. The first kappa shape index (κ1) is 11.4. The third kappa shape index (κ3) is 1.93. The number of rotatable bonds is 1. The van der Waals surface area contributed by atoms with Crippen molar-refractivity contribution in [3.05, 3.63) is 33.9 Å². The van der Waals surface area contributed by atoms with Crippen LogP contribution in [0.25, 0.3) is 0 Å². The van der Waals surface area contributed by atoms with E-state index in [2.05, 4.69) is 30.9 Å². The van der Waals surface area contributed by atoms with Gasteiger partial charge in [0.25, 0.3) is 0 Å². The summed E-state index contributed by atoms with van der Waals surface area (Å²) in [5, 5.41) is 0. The van der Waals surface area contributed by atoms with Gasteiger partial charge in [-0.15, -0.1) is 0 Å². The molecule has 0 atom stereocenters. The first-order valence-electron chi connectivity index (χ1n) is 5.24. The summed E-state index contributed by atoms with van der Waals surface area (Å²) in [6, 6.07) is 4.47. The van der Waals surface area contributed by atoms with Crippen LogP contribution in [0.2, 0.25) is 0 Å². The average molecular weight is 280 g/mol. The molecule has 1 aromatic carbocycles. The number of allylic oxidation sites excluding steroid dienone is 1. The van der Waals surface area contributed by atoms with Crippen LogP contribution in [0.1, 0.15) is 18.1 Å². The number of carbonyl (C=O) groups excluding carboxylic acids is 1. The Morgan fingerprint density at radius 2 is 1.94 bits per heavy atom. The number of ketones is 1. The van der Waals surface area contributed by atoms with Gasteiger partial charge >= 0.3 is 102 Å². The summed E-state index contributed by atoms with van der Waals surface area (Å²) in [5.41, 5.74) is 3.90. The van der Waals surface area contributed by atoms with Crippen LogP contribution in [0.5, 0.6) is 0 Å². The summed E-state index contributed by atoms with van der Waals surface area (Å²) in [6.07, 6.45) is 1.75. The van der Waals surface area contributed by atoms with Gasteiger partial charge in [-0.1, -0.05) is 0 Å². The summed E-state index contributed by atoms with van der Waals surface area (Å²) in [7, 11) is 2.04. The molecule has 0 N–H and O–H groups in total. The van der Waals surface area contributed by atoms with Crippen molar-refractivity contribution in [1.82, 2.24) is 0 Å². The molecule has 0 saturated heterocycles. The van der Waals surface area contributed by atoms with Crippen LogP contribution in [0.3, 0.4) is 0 Å². The van der Waals surface area contributed by atoms with E-state index in [1.807, 2.05) is 7.05 Å². The maximum atomic E-state index is 11.1. The molecule has 2 rings (SSSR count). The van der Waals surface area contributed by atoms with Crippen LogP contribution in [-0.4, -0.2) is 27.8 Å². The minimum absolute atomic E-state index is 0.130. The molecule has 1 aliphatic heterocycles. The minimum atomic E-state index is 0.130. The maximum absolute atomic E-state index is 11.1. The van der Waals surface area contributed by atoms with Gasteiger partial charge in [0.05, 0.1) is 0 Å². The zero-order valence-electron chi connectivity index (χ0n) is 10.00. The van der Waals surface area contributed by atoms with Gasteiger partial charge < -0.3 is 0 Å². The SMILES string of the molecule is CC(=O)/C=C1/[Se]c2cc(C)c(C)cc2N1C. The standard InChI is InChI=1S/C13H15NOSe/c1-8-5-11-12(6-9(8)2)16-13(14(11)4)7-10(3)15/h5-7H,1-4H3/b13-7+.